The second kappa shape index (κ2) is 6.07. The summed E-state index contributed by atoms with van der Waals surface area (Å²) >= 11 is 1.60. The summed E-state index contributed by atoms with van der Waals surface area (Å²) in [6.45, 7) is 0. The van der Waals surface area contributed by atoms with Crippen molar-refractivity contribution < 1.29 is 9.47 Å². The molecule has 0 aliphatic rings. The van der Waals surface area contributed by atoms with Crippen LogP contribution in [0, 0.1) is 11.3 Å². The van der Waals surface area contributed by atoms with Crippen molar-refractivity contribution in [3.63, 3.8) is 0 Å². The molecule has 19 heavy (non-hydrogen) atoms. The lowest BCUT2D eigenvalue weighted by atomic mass is 10.0. The lowest BCUT2D eigenvalue weighted by Crippen LogP contribution is -1.92. The molecule has 2 rings (SSSR count). The van der Waals surface area contributed by atoms with Crippen LogP contribution >= 0.6 is 11.3 Å². The molecule has 3 nitrogen and oxygen atoms in total. The summed E-state index contributed by atoms with van der Waals surface area (Å²) in [6.07, 6.45) is 1.86. The van der Waals surface area contributed by atoms with Gasteiger partial charge in [0.05, 0.1) is 25.9 Å². The van der Waals surface area contributed by atoms with Gasteiger partial charge in [0.15, 0.2) is 11.5 Å². The molecule has 0 unspecified atom stereocenters. The van der Waals surface area contributed by atoms with Crippen molar-refractivity contribution in [1.29, 1.82) is 5.26 Å². The first-order valence-corrected chi connectivity index (χ1v) is 6.59. The third-order valence-electron chi connectivity index (χ3n) is 2.67. The molecule has 1 heterocycles. The molecule has 0 bridgehead atoms. The smallest absolute Gasteiger partial charge is 0.161 e. The first-order valence-electron chi connectivity index (χ1n) is 5.65. The third-order valence-corrected chi connectivity index (χ3v) is 3.37. The van der Waals surface area contributed by atoms with Crippen molar-refractivity contribution in [2.75, 3.05) is 14.2 Å². The summed E-state index contributed by atoms with van der Waals surface area (Å²) in [5.74, 6) is 1.27. The molecule has 96 valence electrons. The zero-order valence-corrected chi connectivity index (χ0v) is 11.5. The van der Waals surface area contributed by atoms with Crippen LogP contribution in [-0.2, 0) is 0 Å². The Morgan fingerprint density at radius 3 is 2.58 bits per heavy atom. The number of thiophene rings is 1. The summed E-state index contributed by atoms with van der Waals surface area (Å²) in [7, 11) is 3.17. The molecule has 0 aliphatic carbocycles. The molecule has 0 spiro atoms. The summed E-state index contributed by atoms with van der Waals surface area (Å²) in [5.41, 5.74) is 2.43. The van der Waals surface area contributed by atoms with Gasteiger partial charge in [-0.25, -0.2) is 0 Å². The summed E-state index contributed by atoms with van der Waals surface area (Å²) in [6, 6.07) is 9.64. The van der Waals surface area contributed by atoms with E-state index in [-0.39, 0.29) is 0 Å². The second-order valence-corrected chi connectivity index (χ2v) is 4.58. The van der Waals surface area contributed by atoms with Crippen molar-refractivity contribution in [3.05, 3.63) is 46.2 Å². The van der Waals surface area contributed by atoms with Gasteiger partial charge in [-0.1, -0.05) is 0 Å². The highest BCUT2D eigenvalue weighted by Gasteiger charge is 2.08. The molecule has 0 radical (unpaired) electrons. The number of rotatable bonds is 4. The minimum atomic E-state index is 0.597. The van der Waals surface area contributed by atoms with Crippen LogP contribution in [0.3, 0.4) is 0 Å². The van der Waals surface area contributed by atoms with Crippen LogP contribution in [0.4, 0.5) is 0 Å². The Morgan fingerprint density at radius 1 is 1.21 bits per heavy atom. The fraction of sp³-hybridized carbons (Fsp3) is 0.133. The Hall–Kier alpha value is -2.25. The van der Waals surface area contributed by atoms with Crippen molar-refractivity contribution in [3.8, 4) is 17.6 Å². The number of nitrogens with zero attached hydrogens (tertiary/aromatic N) is 1. The maximum absolute atomic E-state index is 9.28. The highest BCUT2D eigenvalue weighted by molar-refractivity contribution is 7.08. The fourth-order valence-corrected chi connectivity index (χ4v) is 2.33. The van der Waals surface area contributed by atoms with Gasteiger partial charge < -0.3 is 9.47 Å². The normalized spacial score (nSPS) is 10.9. The van der Waals surface area contributed by atoms with E-state index in [0.29, 0.717) is 17.1 Å². The van der Waals surface area contributed by atoms with Crippen LogP contribution in [0.25, 0.3) is 11.6 Å². The van der Waals surface area contributed by atoms with E-state index in [2.05, 4.69) is 6.07 Å². The quantitative estimate of drug-likeness (QED) is 0.794. The van der Waals surface area contributed by atoms with E-state index in [1.165, 1.54) is 0 Å². The zero-order valence-electron chi connectivity index (χ0n) is 10.7. The zero-order chi connectivity index (χ0) is 13.7. The molecule has 0 aliphatic heterocycles. The topological polar surface area (TPSA) is 42.2 Å². The Balaban J connectivity index is 2.42. The molecule has 1 aromatic carbocycles. The minimum absolute atomic E-state index is 0.597. The van der Waals surface area contributed by atoms with Gasteiger partial charge in [0.25, 0.3) is 0 Å². The van der Waals surface area contributed by atoms with Gasteiger partial charge in [-0.3, -0.25) is 0 Å². The first kappa shape index (κ1) is 13.2. The van der Waals surface area contributed by atoms with Crippen LogP contribution in [0.2, 0.25) is 0 Å². The van der Waals surface area contributed by atoms with Crippen molar-refractivity contribution in [2.45, 2.75) is 0 Å². The van der Waals surface area contributed by atoms with E-state index in [4.69, 9.17) is 9.47 Å². The molecule has 2 aromatic rings. The van der Waals surface area contributed by atoms with Crippen molar-refractivity contribution in [1.82, 2.24) is 0 Å². The average molecular weight is 271 g/mol. The van der Waals surface area contributed by atoms with Gasteiger partial charge in [0.1, 0.15) is 0 Å². The Morgan fingerprint density at radius 2 is 2.00 bits per heavy atom. The highest BCUT2D eigenvalue weighted by Crippen LogP contribution is 2.30. The van der Waals surface area contributed by atoms with Gasteiger partial charge in [0, 0.05) is 0 Å². The molecule has 4 heteroatoms. The molecule has 1 aromatic heterocycles. The number of allylic oxidation sites excluding steroid dienone is 1. The van der Waals surface area contributed by atoms with E-state index in [0.717, 1.165) is 11.1 Å². The highest BCUT2D eigenvalue weighted by atomic mass is 32.1. The van der Waals surface area contributed by atoms with Crippen LogP contribution in [0.5, 0.6) is 11.5 Å². The van der Waals surface area contributed by atoms with Crippen LogP contribution in [-0.4, -0.2) is 14.2 Å². The SMILES string of the molecule is COc1ccc(C(C#N)=Cc2ccsc2)cc1OC. The molecule has 0 saturated carbocycles. The average Bonchev–Trinajstić information content (AvgIpc) is 2.97. The number of nitriles is 1. The van der Waals surface area contributed by atoms with Crippen molar-refractivity contribution >= 4 is 23.0 Å². The fourth-order valence-electron chi connectivity index (χ4n) is 1.71. The van der Waals surface area contributed by atoms with Crippen LogP contribution < -0.4 is 9.47 Å². The molecule has 0 saturated heterocycles. The lowest BCUT2D eigenvalue weighted by molar-refractivity contribution is 0.355. The largest absolute Gasteiger partial charge is 0.493 e. The third kappa shape index (κ3) is 2.95. The second-order valence-electron chi connectivity index (χ2n) is 3.80. The number of hydrogen-bond acceptors (Lipinski definition) is 4. The Labute approximate surface area is 116 Å². The minimum Gasteiger partial charge on any atom is -0.493 e. The van der Waals surface area contributed by atoms with E-state index in [1.54, 1.807) is 37.7 Å². The van der Waals surface area contributed by atoms with Gasteiger partial charge in [-0.15, -0.1) is 0 Å². The molecular formula is C15H13NO2S. The van der Waals surface area contributed by atoms with E-state index in [1.807, 2.05) is 29.0 Å². The van der Waals surface area contributed by atoms with E-state index < -0.39 is 0 Å². The maximum atomic E-state index is 9.28. The molecule has 0 amide bonds. The number of methoxy groups -OCH3 is 2. The van der Waals surface area contributed by atoms with Crippen LogP contribution in [0.15, 0.2) is 35.0 Å². The number of hydrogen-bond donors (Lipinski definition) is 0. The molecule has 0 fully saturated rings. The maximum Gasteiger partial charge on any atom is 0.161 e. The van der Waals surface area contributed by atoms with Gasteiger partial charge >= 0.3 is 0 Å². The van der Waals surface area contributed by atoms with Crippen molar-refractivity contribution in [2.24, 2.45) is 0 Å². The Bertz CT molecular complexity index is 624. The number of benzene rings is 1. The van der Waals surface area contributed by atoms with E-state index in [9.17, 15) is 5.26 Å². The van der Waals surface area contributed by atoms with E-state index >= 15 is 0 Å². The Kier molecular flexibility index (Phi) is 4.22. The first-order chi connectivity index (χ1) is 9.28. The van der Waals surface area contributed by atoms with Gasteiger partial charge in [-0.05, 0) is 52.2 Å². The lowest BCUT2D eigenvalue weighted by Gasteiger charge is -2.08. The molecule has 0 atom stereocenters. The predicted molar refractivity (Wildman–Crippen MR) is 77.3 cm³/mol. The summed E-state index contributed by atoms with van der Waals surface area (Å²) in [4.78, 5) is 0. The monoisotopic (exact) mass is 271 g/mol. The summed E-state index contributed by atoms with van der Waals surface area (Å²) < 4.78 is 10.4. The van der Waals surface area contributed by atoms with Gasteiger partial charge in [-0.2, -0.15) is 16.6 Å². The van der Waals surface area contributed by atoms with Gasteiger partial charge in [0.2, 0.25) is 0 Å². The molecule has 0 N–H and O–H groups in total. The summed E-state index contributed by atoms with van der Waals surface area (Å²) in [5, 5.41) is 13.3. The number of ether oxygens (including phenoxy) is 2. The standard InChI is InChI=1S/C15H13NO2S/c1-17-14-4-3-12(8-15(14)18-2)13(9-16)7-11-5-6-19-10-11/h3-8,10H,1-2H3. The van der Waals surface area contributed by atoms with Crippen LogP contribution in [0.1, 0.15) is 11.1 Å². The molecular weight excluding hydrogens is 258 g/mol. The predicted octanol–water partition coefficient (Wildman–Crippen LogP) is 3.83.